The van der Waals surface area contributed by atoms with E-state index in [1.165, 1.54) is 0 Å². The van der Waals surface area contributed by atoms with E-state index in [1.54, 1.807) is 14.0 Å². The number of ether oxygens (including phenoxy) is 1. The van der Waals surface area contributed by atoms with E-state index in [0.717, 1.165) is 37.9 Å². The Labute approximate surface area is 143 Å². The van der Waals surface area contributed by atoms with Gasteiger partial charge in [-0.15, -0.1) is 0 Å². The second kappa shape index (κ2) is 8.40. The lowest BCUT2D eigenvalue weighted by Gasteiger charge is -2.40. The number of Topliss-reactive ketones (excluding diaryl/α,β-unsaturated/α-hetero) is 1. The van der Waals surface area contributed by atoms with Crippen molar-refractivity contribution >= 4 is 11.8 Å². The maximum absolute atomic E-state index is 11.9. The molecular weight excluding hydrogens is 306 g/mol. The first-order chi connectivity index (χ1) is 11.5. The van der Waals surface area contributed by atoms with Gasteiger partial charge in [0, 0.05) is 32.4 Å². The monoisotopic (exact) mass is 333 g/mol. The average molecular weight is 333 g/mol. The van der Waals surface area contributed by atoms with Crippen molar-refractivity contribution in [2.45, 2.75) is 39.2 Å². The fourth-order valence-electron chi connectivity index (χ4n) is 3.51. The minimum absolute atomic E-state index is 0.0579. The molecule has 1 aromatic carbocycles. The molecule has 1 fully saturated rings. The number of aliphatic carboxylic acids is 1. The summed E-state index contributed by atoms with van der Waals surface area (Å²) in [7, 11) is 1.64. The molecule has 1 aliphatic rings. The molecule has 132 valence electrons. The van der Waals surface area contributed by atoms with Crippen LogP contribution in [0.2, 0.25) is 0 Å². The SMILES string of the molecule is COCCC[C@@]1(C(=O)O)CCCN(Cc2ccc(C(C)=O)cc2)C1. The third kappa shape index (κ3) is 4.65. The van der Waals surface area contributed by atoms with Gasteiger partial charge in [0.05, 0.1) is 5.41 Å². The van der Waals surface area contributed by atoms with E-state index in [9.17, 15) is 14.7 Å². The summed E-state index contributed by atoms with van der Waals surface area (Å²) in [6, 6.07) is 7.59. The van der Waals surface area contributed by atoms with Crippen LogP contribution < -0.4 is 0 Å². The summed E-state index contributed by atoms with van der Waals surface area (Å²) in [5, 5.41) is 9.76. The number of hydrogen-bond donors (Lipinski definition) is 1. The summed E-state index contributed by atoms with van der Waals surface area (Å²) in [6.45, 7) is 4.36. The predicted octanol–water partition coefficient (Wildman–Crippen LogP) is 2.98. The first-order valence-corrected chi connectivity index (χ1v) is 8.51. The van der Waals surface area contributed by atoms with E-state index in [-0.39, 0.29) is 5.78 Å². The van der Waals surface area contributed by atoms with Crippen LogP contribution in [0.15, 0.2) is 24.3 Å². The van der Waals surface area contributed by atoms with Crippen LogP contribution >= 0.6 is 0 Å². The Balaban J connectivity index is 2.02. The number of methoxy groups -OCH3 is 1. The van der Waals surface area contributed by atoms with Gasteiger partial charge in [-0.3, -0.25) is 14.5 Å². The topological polar surface area (TPSA) is 66.8 Å². The minimum Gasteiger partial charge on any atom is -0.481 e. The number of hydrogen-bond acceptors (Lipinski definition) is 4. The van der Waals surface area contributed by atoms with Crippen molar-refractivity contribution in [1.82, 2.24) is 4.90 Å². The lowest BCUT2D eigenvalue weighted by Crippen LogP contribution is -2.47. The molecular formula is C19H27NO4. The number of benzene rings is 1. The number of carboxylic acid groups (broad SMARTS) is 1. The number of nitrogens with zero attached hydrogens (tertiary/aromatic N) is 1. The highest BCUT2D eigenvalue weighted by atomic mass is 16.5. The normalized spacial score (nSPS) is 21.6. The van der Waals surface area contributed by atoms with E-state index in [0.29, 0.717) is 25.1 Å². The van der Waals surface area contributed by atoms with E-state index in [1.807, 2.05) is 24.3 Å². The summed E-state index contributed by atoms with van der Waals surface area (Å²) in [5.41, 5.74) is 1.14. The number of likely N-dealkylation sites (tertiary alicyclic amines) is 1. The zero-order valence-electron chi connectivity index (χ0n) is 14.6. The van der Waals surface area contributed by atoms with Crippen LogP contribution in [0.3, 0.4) is 0 Å². The summed E-state index contributed by atoms with van der Waals surface area (Å²) >= 11 is 0. The highest BCUT2D eigenvalue weighted by Crippen LogP contribution is 2.35. The smallest absolute Gasteiger partial charge is 0.310 e. The van der Waals surface area contributed by atoms with Gasteiger partial charge in [-0.25, -0.2) is 0 Å². The quantitative estimate of drug-likeness (QED) is 0.585. The van der Waals surface area contributed by atoms with Crippen LogP contribution in [0.4, 0.5) is 0 Å². The third-order valence-electron chi connectivity index (χ3n) is 4.88. The fourth-order valence-corrected chi connectivity index (χ4v) is 3.51. The highest BCUT2D eigenvalue weighted by Gasteiger charge is 2.41. The number of carbonyl (C=O) groups excluding carboxylic acids is 1. The maximum Gasteiger partial charge on any atom is 0.310 e. The van der Waals surface area contributed by atoms with Crippen molar-refractivity contribution in [3.63, 3.8) is 0 Å². The molecule has 2 rings (SSSR count). The molecule has 0 spiro atoms. The molecule has 5 nitrogen and oxygen atoms in total. The van der Waals surface area contributed by atoms with Gasteiger partial charge in [-0.1, -0.05) is 24.3 Å². The van der Waals surface area contributed by atoms with E-state index in [2.05, 4.69) is 4.90 Å². The molecule has 0 radical (unpaired) electrons. The molecule has 0 bridgehead atoms. The van der Waals surface area contributed by atoms with Crippen molar-refractivity contribution in [3.05, 3.63) is 35.4 Å². The Morgan fingerprint density at radius 3 is 2.58 bits per heavy atom. The first-order valence-electron chi connectivity index (χ1n) is 8.51. The van der Waals surface area contributed by atoms with E-state index in [4.69, 9.17) is 4.74 Å². The third-order valence-corrected chi connectivity index (χ3v) is 4.88. The number of piperidine rings is 1. The number of rotatable bonds is 8. The number of carboxylic acids is 1. The Hall–Kier alpha value is -1.72. The van der Waals surface area contributed by atoms with Crippen molar-refractivity contribution in [1.29, 1.82) is 0 Å². The molecule has 0 amide bonds. The zero-order valence-corrected chi connectivity index (χ0v) is 14.6. The van der Waals surface area contributed by atoms with Crippen molar-refractivity contribution in [2.24, 2.45) is 5.41 Å². The molecule has 1 atom stereocenters. The van der Waals surface area contributed by atoms with Gasteiger partial charge in [0.2, 0.25) is 0 Å². The maximum atomic E-state index is 11.9. The zero-order chi connectivity index (χ0) is 17.6. The van der Waals surface area contributed by atoms with Gasteiger partial charge in [-0.05, 0) is 44.7 Å². The fraction of sp³-hybridized carbons (Fsp3) is 0.579. The summed E-state index contributed by atoms with van der Waals surface area (Å²) < 4.78 is 5.08. The van der Waals surface area contributed by atoms with Gasteiger partial charge < -0.3 is 9.84 Å². The molecule has 24 heavy (non-hydrogen) atoms. The predicted molar refractivity (Wildman–Crippen MR) is 92.1 cm³/mol. The molecule has 1 saturated heterocycles. The Kier molecular flexibility index (Phi) is 6.52. The van der Waals surface area contributed by atoms with Crippen LogP contribution in [0.25, 0.3) is 0 Å². The Bertz CT molecular complexity index is 569. The molecule has 5 heteroatoms. The highest BCUT2D eigenvalue weighted by molar-refractivity contribution is 5.94. The van der Waals surface area contributed by atoms with Crippen LogP contribution in [0.1, 0.15) is 48.5 Å². The lowest BCUT2D eigenvalue weighted by atomic mass is 9.76. The molecule has 0 saturated carbocycles. The molecule has 0 unspecified atom stereocenters. The van der Waals surface area contributed by atoms with E-state index >= 15 is 0 Å². The summed E-state index contributed by atoms with van der Waals surface area (Å²) in [5.74, 6) is -0.641. The van der Waals surface area contributed by atoms with Gasteiger partial charge in [0.15, 0.2) is 5.78 Å². The molecule has 1 aromatic rings. The van der Waals surface area contributed by atoms with Crippen molar-refractivity contribution in [2.75, 3.05) is 26.8 Å². The van der Waals surface area contributed by atoms with Crippen LogP contribution in [0, 0.1) is 5.41 Å². The summed E-state index contributed by atoms with van der Waals surface area (Å²) in [4.78, 5) is 25.4. The summed E-state index contributed by atoms with van der Waals surface area (Å²) in [6.07, 6.45) is 3.04. The first kappa shape index (κ1) is 18.6. The van der Waals surface area contributed by atoms with Gasteiger partial charge in [0.25, 0.3) is 0 Å². The van der Waals surface area contributed by atoms with Crippen LogP contribution in [-0.4, -0.2) is 48.6 Å². The second-order valence-corrected chi connectivity index (χ2v) is 6.75. The number of ketones is 1. The van der Waals surface area contributed by atoms with Gasteiger partial charge in [-0.2, -0.15) is 0 Å². The largest absolute Gasteiger partial charge is 0.481 e. The average Bonchev–Trinajstić information content (AvgIpc) is 2.56. The van der Waals surface area contributed by atoms with E-state index < -0.39 is 11.4 Å². The minimum atomic E-state index is -0.699. The van der Waals surface area contributed by atoms with Gasteiger partial charge >= 0.3 is 5.97 Å². The Morgan fingerprint density at radius 1 is 1.29 bits per heavy atom. The second-order valence-electron chi connectivity index (χ2n) is 6.75. The van der Waals surface area contributed by atoms with Crippen LogP contribution in [0.5, 0.6) is 0 Å². The molecule has 1 heterocycles. The van der Waals surface area contributed by atoms with Gasteiger partial charge in [0.1, 0.15) is 0 Å². The lowest BCUT2D eigenvalue weighted by molar-refractivity contribution is -0.153. The molecule has 0 aliphatic carbocycles. The molecule has 0 aromatic heterocycles. The standard InChI is InChI=1S/C19H27NO4/c1-15(21)17-7-5-16(6-8-17)13-20-11-3-9-19(14-20,18(22)23)10-4-12-24-2/h5-8H,3-4,9-14H2,1-2H3,(H,22,23)/t19-/m0/s1. The Morgan fingerprint density at radius 2 is 2.00 bits per heavy atom. The molecule has 1 N–H and O–H groups in total. The van der Waals surface area contributed by atoms with Crippen LogP contribution in [-0.2, 0) is 16.1 Å². The number of carbonyl (C=O) groups is 2. The van der Waals surface area contributed by atoms with Crippen molar-refractivity contribution in [3.8, 4) is 0 Å². The van der Waals surface area contributed by atoms with Crippen molar-refractivity contribution < 1.29 is 19.4 Å². The molecule has 1 aliphatic heterocycles.